The fourth-order valence-corrected chi connectivity index (χ4v) is 1.80. The summed E-state index contributed by atoms with van der Waals surface area (Å²) in [5.74, 6) is 0.588. The number of rotatable bonds is 9. The summed E-state index contributed by atoms with van der Waals surface area (Å²) < 4.78 is 0. The lowest BCUT2D eigenvalue weighted by Gasteiger charge is -2.16. The van der Waals surface area contributed by atoms with Gasteiger partial charge in [0.1, 0.15) is 0 Å². The standard InChI is InChI=1S/C12H26N2O2/c1-3-4-11(7-8-13)5-6-12(16)14-10(2)9-15/h10-11,15H,3-9,13H2,1-2H3,(H,14,16). The van der Waals surface area contributed by atoms with Crippen LogP contribution in [0.5, 0.6) is 0 Å². The summed E-state index contributed by atoms with van der Waals surface area (Å²) in [6.07, 6.45) is 4.71. The average Bonchev–Trinajstić information content (AvgIpc) is 2.26. The number of carbonyl (C=O) groups excluding carboxylic acids is 1. The highest BCUT2D eigenvalue weighted by Crippen LogP contribution is 2.16. The summed E-state index contributed by atoms with van der Waals surface area (Å²) in [4.78, 5) is 11.5. The number of carbonyl (C=O) groups is 1. The quantitative estimate of drug-likeness (QED) is 0.554. The summed E-state index contributed by atoms with van der Waals surface area (Å²) in [6, 6.07) is -0.147. The minimum Gasteiger partial charge on any atom is -0.394 e. The molecular weight excluding hydrogens is 204 g/mol. The molecule has 2 atom stereocenters. The van der Waals surface area contributed by atoms with Gasteiger partial charge in [0.25, 0.3) is 0 Å². The zero-order valence-electron chi connectivity index (χ0n) is 10.5. The van der Waals surface area contributed by atoms with Crippen LogP contribution in [-0.4, -0.2) is 30.2 Å². The average molecular weight is 230 g/mol. The summed E-state index contributed by atoms with van der Waals surface area (Å²) in [6.45, 7) is 4.63. The van der Waals surface area contributed by atoms with Crippen LogP contribution in [-0.2, 0) is 4.79 Å². The van der Waals surface area contributed by atoms with Gasteiger partial charge in [-0.25, -0.2) is 0 Å². The number of hydrogen-bond donors (Lipinski definition) is 3. The predicted molar refractivity (Wildman–Crippen MR) is 66.0 cm³/mol. The van der Waals surface area contributed by atoms with Gasteiger partial charge >= 0.3 is 0 Å². The molecule has 0 bridgehead atoms. The number of amides is 1. The SMILES string of the molecule is CCCC(CCN)CCC(=O)NC(C)CO. The van der Waals surface area contributed by atoms with Crippen LogP contribution >= 0.6 is 0 Å². The van der Waals surface area contributed by atoms with Crippen LogP contribution in [0.3, 0.4) is 0 Å². The maximum absolute atomic E-state index is 11.5. The van der Waals surface area contributed by atoms with E-state index in [0.717, 1.165) is 25.7 Å². The molecule has 0 rings (SSSR count). The fourth-order valence-electron chi connectivity index (χ4n) is 1.80. The van der Waals surface area contributed by atoms with Crippen LogP contribution in [0, 0.1) is 5.92 Å². The molecule has 0 radical (unpaired) electrons. The molecule has 0 aliphatic carbocycles. The molecule has 16 heavy (non-hydrogen) atoms. The van der Waals surface area contributed by atoms with E-state index in [1.54, 1.807) is 6.92 Å². The van der Waals surface area contributed by atoms with Crippen molar-refractivity contribution >= 4 is 5.91 Å². The van der Waals surface area contributed by atoms with Crippen molar-refractivity contribution in [2.45, 2.75) is 52.0 Å². The van der Waals surface area contributed by atoms with Crippen LogP contribution in [0.1, 0.15) is 46.0 Å². The first-order chi connectivity index (χ1) is 7.63. The highest BCUT2D eigenvalue weighted by molar-refractivity contribution is 5.76. The van der Waals surface area contributed by atoms with Crippen molar-refractivity contribution in [3.63, 3.8) is 0 Å². The van der Waals surface area contributed by atoms with Crippen molar-refractivity contribution in [1.82, 2.24) is 5.32 Å². The zero-order chi connectivity index (χ0) is 12.4. The monoisotopic (exact) mass is 230 g/mol. The number of aliphatic hydroxyl groups is 1. The third kappa shape index (κ3) is 7.65. The van der Waals surface area contributed by atoms with Gasteiger partial charge in [-0.15, -0.1) is 0 Å². The van der Waals surface area contributed by atoms with E-state index < -0.39 is 0 Å². The number of aliphatic hydroxyl groups excluding tert-OH is 1. The molecule has 0 spiro atoms. The molecule has 0 aromatic carbocycles. The van der Waals surface area contributed by atoms with E-state index in [0.29, 0.717) is 18.9 Å². The Labute approximate surface area is 98.6 Å². The van der Waals surface area contributed by atoms with E-state index in [1.807, 2.05) is 0 Å². The Balaban J connectivity index is 3.77. The molecule has 0 aromatic rings. The molecule has 0 aliphatic heterocycles. The van der Waals surface area contributed by atoms with Crippen molar-refractivity contribution in [2.24, 2.45) is 11.7 Å². The van der Waals surface area contributed by atoms with Crippen LogP contribution in [0.25, 0.3) is 0 Å². The Kier molecular flexibility index (Phi) is 9.24. The molecule has 1 amide bonds. The lowest BCUT2D eigenvalue weighted by molar-refractivity contribution is -0.122. The Bertz CT molecular complexity index is 180. The zero-order valence-corrected chi connectivity index (χ0v) is 10.5. The molecular formula is C12H26N2O2. The molecule has 2 unspecified atom stereocenters. The van der Waals surface area contributed by atoms with E-state index >= 15 is 0 Å². The van der Waals surface area contributed by atoms with E-state index in [-0.39, 0.29) is 18.6 Å². The van der Waals surface area contributed by atoms with Gasteiger partial charge in [0.2, 0.25) is 5.91 Å². The number of nitrogens with two attached hydrogens (primary N) is 1. The molecule has 4 heteroatoms. The molecule has 0 aliphatic rings. The summed E-state index contributed by atoms with van der Waals surface area (Å²) in [7, 11) is 0. The third-order valence-corrected chi connectivity index (χ3v) is 2.73. The van der Waals surface area contributed by atoms with Gasteiger partial charge in [-0.1, -0.05) is 19.8 Å². The van der Waals surface area contributed by atoms with Gasteiger partial charge in [-0.05, 0) is 32.2 Å². The largest absolute Gasteiger partial charge is 0.394 e. The smallest absolute Gasteiger partial charge is 0.220 e. The third-order valence-electron chi connectivity index (χ3n) is 2.73. The van der Waals surface area contributed by atoms with E-state index in [1.165, 1.54) is 0 Å². The minimum atomic E-state index is -0.147. The normalized spacial score (nSPS) is 14.5. The Morgan fingerprint density at radius 1 is 1.38 bits per heavy atom. The molecule has 0 heterocycles. The van der Waals surface area contributed by atoms with Crippen LogP contribution < -0.4 is 11.1 Å². The highest BCUT2D eigenvalue weighted by Gasteiger charge is 2.11. The van der Waals surface area contributed by atoms with Crippen LogP contribution in [0.15, 0.2) is 0 Å². The number of nitrogens with one attached hydrogen (secondary N) is 1. The first-order valence-corrected chi connectivity index (χ1v) is 6.24. The van der Waals surface area contributed by atoms with Crippen LogP contribution in [0.2, 0.25) is 0 Å². The van der Waals surface area contributed by atoms with Crippen molar-refractivity contribution in [3.8, 4) is 0 Å². The summed E-state index contributed by atoms with van der Waals surface area (Å²) in [5, 5.41) is 11.5. The second-order valence-electron chi connectivity index (χ2n) is 4.42. The summed E-state index contributed by atoms with van der Waals surface area (Å²) >= 11 is 0. The topological polar surface area (TPSA) is 75.4 Å². The molecule has 0 aromatic heterocycles. The van der Waals surface area contributed by atoms with Gasteiger partial charge in [-0.2, -0.15) is 0 Å². The fraction of sp³-hybridized carbons (Fsp3) is 0.917. The minimum absolute atomic E-state index is 0.00702. The maximum Gasteiger partial charge on any atom is 0.220 e. The molecule has 0 saturated heterocycles. The van der Waals surface area contributed by atoms with E-state index in [2.05, 4.69) is 12.2 Å². The first-order valence-electron chi connectivity index (χ1n) is 6.24. The molecule has 4 N–H and O–H groups in total. The summed E-state index contributed by atoms with van der Waals surface area (Å²) in [5.41, 5.74) is 5.53. The van der Waals surface area contributed by atoms with Gasteiger partial charge in [0.15, 0.2) is 0 Å². The molecule has 0 saturated carbocycles. The van der Waals surface area contributed by atoms with Crippen molar-refractivity contribution in [1.29, 1.82) is 0 Å². The Morgan fingerprint density at radius 3 is 2.56 bits per heavy atom. The Morgan fingerprint density at radius 2 is 2.06 bits per heavy atom. The highest BCUT2D eigenvalue weighted by atomic mass is 16.3. The van der Waals surface area contributed by atoms with Crippen LogP contribution in [0.4, 0.5) is 0 Å². The van der Waals surface area contributed by atoms with Crippen molar-refractivity contribution < 1.29 is 9.90 Å². The van der Waals surface area contributed by atoms with Gasteiger partial charge in [-0.3, -0.25) is 4.79 Å². The maximum atomic E-state index is 11.5. The lowest BCUT2D eigenvalue weighted by Crippen LogP contribution is -2.35. The molecule has 4 nitrogen and oxygen atoms in total. The molecule has 0 fully saturated rings. The van der Waals surface area contributed by atoms with Gasteiger partial charge in [0, 0.05) is 12.5 Å². The molecule has 96 valence electrons. The van der Waals surface area contributed by atoms with Crippen molar-refractivity contribution in [3.05, 3.63) is 0 Å². The second-order valence-corrected chi connectivity index (χ2v) is 4.42. The number of hydrogen-bond acceptors (Lipinski definition) is 3. The van der Waals surface area contributed by atoms with E-state index in [9.17, 15) is 4.79 Å². The Hall–Kier alpha value is -0.610. The lowest BCUT2D eigenvalue weighted by atomic mass is 9.94. The van der Waals surface area contributed by atoms with Crippen molar-refractivity contribution in [2.75, 3.05) is 13.2 Å². The predicted octanol–water partition coefficient (Wildman–Crippen LogP) is 1.03. The first kappa shape index (κ1) is 15.4. The van der Waals surface area contributed by atoms with E-state index in [4.69, 9.17) is 10.8 Å². The van der Waals surface area contributed by atoms with Gasteiger partial charge in [0.05, 0.1) is 6.61 Å². The van der Waals surface area contributed by atoms with Gasteiger partial charge < -0.3 is 16.2 Å². The second kappa shape index (κ2) is 9.60.